The number of rotatable bonds is 11. The van der Waals surface area contributed by atoms with Crippen molar-refractivity contribution in [2.45, 2.75) is 19.8 Å². The maximum Gasteiger partial charge on any atom is 0.329 e. The van der Waals surface area contributed by atoms with Crippen LogP contribution in [0.4, 0.5) is 11.4 Å². The summed E-state index contributed by atoms with van der Waals surface area (Å²) in [5, 5.41) is 9.42. The first-order valence-electron chi connectivity index (χ1n) is 11.7. The van der Waals surface area contributed by atoms with Gasteiger partial charge in [0, 0.05) is 15.7 Å². The van der Waals surface area contributed by atoms with Crippen LogP contribution in [0.15, 0.2) is 76.3 Å². The van der Waals surface area contributed by atoms with Gasteiger partial charge in [0.05, 0.1) is 23.5 Å². The number of nitrogens with zero attached hydrogens (tertiary/aromatic N) is 1. The van der Waals surface area contributed by atoms with Crippen molar-refractivity contribution in [2.24, 2.45) is 5.10 Å². The van der Waals surface area contributed by atoms with Crippen LogP contribution in [0.3, 0.4) is 0 Å². The Balaban J connectivity index is 1.52. The average Bonchev–Trinajstić information content (AvgIpc) is 2.90. The van der Waals surface area contributed by atoms with E-state index in [1.165, 1.54) is 6.21 Å². The van der Waals surface area contributed by atoms with Crippen molar-refractivity contribution >= 4 is 62.8 Å². The van der Waals surface area contributed by atoms with E-state index in [9.17, 15) is 14.4 Å². The molecular formula is C27H26BrClN4O5. The predicted octanol–water partition coefficient (Wildman–Crippen LogP) is 5.39. The van der Waals surface area contributed by atoms with E-state index in [1.54, 1.807) is 66.7 Å². The first-order valence-corrected chi connectivity index (χ1v) is 12.9. The number of benzene rings is 3. The minimum atomic E-state index is -0.957. The third-order valence-electron chi connectivity index (χ3n) is 4.93. The Labute approximate surface area is 233 Å². The van der Waals surface area contributed by atoms with Crippen molar-refractivity contribution < 1.29 is 23.9 Å². The van der Waals surface area contributed by atoms with E-state index in [0.29, 0.717) is 40.1 Å². The number of unbranched alkanes of at least 4 members (excludes halogenated alkanes) is 1. The number of para-hydroxylation sites is 1. The van der Waals surface area contributed by atoms with Gasteiger partial charge in [-0.05, 0) is 61.0 Å². The lowest BCUT2D eigenvalue weighted by atomic mass is 10.2. The fourth-order valence-electron chi connectivity index (χ4n) is 3.01. The van der Waals surface area contributed by atoms with E-state index in [0.717, 1.165) is 17.3 Å². The second-order valence-electron chi connectivity index (χ2n) is 7.88. The molecule has 0 unspecified atom stereocenters. The molecule has 0 aliphatic heterocycles. The number of halogens is 2. The van der Waals surface area contributed by atoms with Crippen molar-refractivity contribution in [1.82, 2.24) is 5.43 Å². The van der Waals surface area contributed by atoms with Gasteiger partial charge < -0.3 is 20.1 Å². The maximum atomic E-state index is 12.3. The number of carbonyl (C=O) groups excluding carboxylic acids is 3. The van der Waals surface area contributed by atoms with Gasteiger partial charge in [-0.15, -0.1) is 0 Å². The van der Waals surface area contributed by atoms with Gasteiger partial charge in [0.1, 0.15) is 11.5 Å². The summed E-state index contributed by atoms with van der Waals surface area (Å²) in [5.74, 6) is -1.23. The van der Waals surface area contributed by atoms with E-state index in [-0.39, 0.29) is 6.61 Å². The maximum absolute atomic E-state index is 12.3. The molecule has 3 aromatic carbocycles. The molecule has 3 aromatic rings. The van der Waals surface area contributed by atoms with Gasteiger partial charge in [-0.2, -0.15) is 5.10 Å². The van der Waals surface area contributed by atoms with Gasteiger partial charge >= 0.3 is 11.8 Å². The number of hydrogen-bond donors (Lipinski definition) is 3. The number of amides is 3. The van der Waals surface area contributed by atoms with Crippen molar-refractivity contribution in [2.75, 3.05) is 23.8 Å². The first-order chi connectivity index (χ1) is 18.4. The van der Waals surface area contributed by atoms with Crippen LogP contribution < -0.4 is 25.5 Å². The first kappa shape index (κ1) is 28.7. The third kappa shape index (κ3) is 9.20. The molecule has 0 aromatic heterocycles. The zero-order chi connectivity index (χ0) is 27.3. The summed E-state index contributed by atoms with van der Waals surface area (Å²) in [7, 11) is 0. The number of nitrogens with one attached hydrogen (secondary N) is 3. The predicted molar refractivity (Wildman–Crippen MR) is 151 cm³/mol. The summed E-state index contributed by atoms with van der Waals surface area (Å²) in [6, 6.07) is 18.6. The number of anilines is 2. The molecule has 11 heteroatoms. The Hall–Kier alpha value is -3.89. The summed E-state index contributed by atoms with van der Waals surface area (Å²) < 4.78 is 11.9. The van der Waals surface area contributed by atoms with Crippen molar-refractivity contribution in [3.63, 3.8) is 0 Å². The molecule has 0 bridgehead atoms. The van der Waals surface area contributed by atoms with Crippen LogP contribution in [0.2, 0.25) is 5.02 Å². The van der Waals surface area contributed by atoms with Crippen LogP contribution in [0, 0.1) is 0 Å². The van der Waals surface area contributed by atoms with Crippen molar-refractivity contribution in [1.29, 1.82) is 0 Å². The minimum Gasteiger partial charge on any atom is -0.494 e. The van der Waals surface area contributed by atoms with Crippen LogP contribution in [0.5, 0.6) is 11.5 Å². The molecule has 0 heterocycles. The van der Waals surface area contributed by atoms with Crippen LogP contribution in [0.25, 0.3) is 0 Å². The summed E-state index contributed by atoms with van der Waals surface area (Å²) in [5.41, 5.74) is 3.55. The second-order valence-corrected chi connectivity index (χ2v) is 9.20. The standard InChI is InChI=1S/C27H26BrClN4O5/c1-2-3-14-37-21-11-9-20(10-12-21)31-26(35)27(36)33-30-16-18-15-19(28)8-13-24(18)38-17-25(34)32-23-7-5-4-6-22(23)29/h4-13,15-16H,2-3,14,17H2,1H3,(H,31,35)(H,32,34)(H,33,36)/b30-16-. The smallest absolute Gasteiger partial charge is 0.329 e. The highest BCUT2D eigenvalue weighted by molar-refractivity contribution is 9.10. The number of hydrogen-bond acceptors (Lipinski definition) is 6. The molecule has 3 N–H and O–H groups in total. The third-order valence-corrected chi connectivity index (χ3v) is 5.76. The molecule has 0 fully saturated rings. The number of hydrazone groups is 1. The molecule has 9 nitrogen and oxygen atoms in total. The van der Waals surface area contributed by atoms with E-state index in [1.807, 2.05) is 0 Å². The molecular weight excluding hydrogens is 576 g/mol. The van der Waals surface area contributed by atoms with E-state index in [4.69, 9.17) is 21.1 Å². The van der Waals surface area contributed by atoms with Crippen LogP contribution in [-0.2, 0) is 14.4 Å². The molecule has 198 valence electrons. The summed E-state index contributed by atoms with van der Waals surface area (Å²) in [6.07, 6.45) is 3.29. The monoisotopic (exact) mass is 600 g/mol. The zero-order valence-corrected chi connectivity index (χ0v) is 22.8. The molecule has 3 rings (SSSR count). The number of ether oxygens (including phenoxy) is 2. The largest absolute Gasteiger partial charge is 0.494 e. The lowest BCUT2D eigenvalue weighted by Gasteiger charge is -2.11. The molecule has 0 aliphatic carbocycles. The average molecular weight is 602 g/mol. The summed E-state index contributed by atoms with van der Waals surface area (Å²) in [6.45, 7) is 2.40. The van der Waals surface area contributed by atoms with Crippen molar-refractivity contribution in [3.05, 3.63) is 81.8 Å². The SMILES string of the molecule is CCCCOc1ccc(NC(=O)C(=O)N/N=C\c2cc(Br)ccc2OCC(=O)Nc2ccccc2Cl)cc1. The minimum absolute atomic E-state index is 0.287. The van der Waals surface area contributed by atoms with E-state index in [2.05, 4.69) is 44.0 Å². The highest BCUT2D eigenvalue weighted by atomic mass is 79.9. The highest BCUT2D eigenvalue weighted by Crippen LogP contribution is 2.23. The van der Waals surface area contributed by atoms with Gasteiger partial charge in [-0.1, -0.05) is 53.0 Å². The Bertz CT molecular complexity index is 1300. The van der Waals surface area contributed by atoms with Gasteiger partial charge in [-0.3, -0.25) is 14.4 Å². The zero-order valence-electron chi connectivity index (χ0n) is 20.5. The Morgan fingerprint density at radius 3 is 2.47 bits per heavy atom. The van der Waals surface area contributed by atoms with Crippen LogP contribution in [0.1, 0.15) is 25.3 Å². The highest BCUT2D eigenvalue weighted by Gasteiger charge is 2.13. The Kier molecular flexibility index (Phi) is 11.1. The molecule has 0 atom stereocenters. The molecule has 0 radical (unpaired) electrons. The van der Waals surface area contributed by atoms with Gasteiger partial charge in [0.2, 0.25) is 0 Å². The topological polar surface area (TPSA) is 118 Å². The Morgan fingerprint density at radius 1 is 0.974 bits per heavy atom. The van der Waals surface area contributed by atoms with Crippen LogP contribution in [-0.4, -0.2) is 37.1 Å². The molecule has 3 amide bonds. The van der Waals surface area contributed by atoms with Gasteiger partial charge in [-0.25, -0.2) is 5.43 Å². The van der Waals surface area contributed by atoms with E-state index >= 15 is 0 Å². The summed E-state index contributed by atoms with van der Waals surface area (Å²) >= 11 is 9.42. The Morgan fingerprint density at radius 2 is 1.74 bits per heavy atom. The van der Waals surface area contributed by atoms with Gasteiger partial charge in [0.25, 0.3) is 5.91 Å². The lowest BCUT2D eigenvalue weighted by Crippen LogP contribution is -2.32. The summed E-state index contributed by atoms with van der Waals surface area (Å²) in [4.78, 5) is 36.7. The molecule has 38 heavy (non-hydrogen) atoms. The molecule has 0 saturated carbocycles. The van der Waals surface area contributed by atoms with Crippen molar-refractivity contribution in [3.8, 4) is 11.5 Å². The molecule has 0 saturated heterocycles. The fraction of sp³-hybridized carbons (Fsp3) is 0.185. The second kappa shape index (κ2) is 14.7. The van der Waals surface area contributed by atoms with Gasteiger partial charge in [0.15, 0.2) is 6.61 Å². The quantitative estimate of drug-likeness (QED) is 0.118. The molecule has 0 spiro atoms. The van der Waals surface area contributed by atoms with Crippen LogP contribution >= 0.6 is 27.5 Å². The van der Waals surface area contributed by atoms with E-state index < -0.39 is 17.7 Å². The molecule has 0 aliphatic rings. The normalized spacial score (nSPS) is 10.6. The lowest BCUT2D eigenvalue weighted by molar-refractivity contribution is -0.136. The fourth-order valence-corrected chi connectivity index (χ4v) is 3.57. The number of carbonyl (C=O) groups is 3.